The average Bonchev–Trinajstić information content (AvgIpc) is 2.33. The summed E-state index contributed by atoms with van der Waals surface area (Å²) in [5.74, 6) is 0. The lowest BCUT2D eigenvalue weighted by atomic mass is 10.2. The van der Waals surface area contributed by atoms with Crippen molar-refractivity contribution in [2.45, 2.75) is 30.9 Å². The summed E-state index contributed by atoms with van der Waals surface area (Å²) >= 11 is 0. The summed E-state index contributed by atoms with van der Waals surface area (Å²) in [6, 6.07) is 8.41. The molecule has 0 bridgehead atoms. The van der Waals surface area contributed by atoms with E-state index in [1.807, 2.05) is 19.9 Å². The highest BCUT2D eigenvalue weighted by atomic mass is 32.2. The molecule has 4 nitrogen and oxygen atoms in total. The molecule has 0 N–H and O–H groups in total. The molecule has 5 heteroatoms. The van der Waals surface area contributed by atoms with Gasteiger partial charge >= 0.3 is 0 Å². The van der Waals surface area contributed by atoms with E-state index in [0.29, 0.717) is 18.0 Å². The fourth-order valence-corrected chi connectivity index (χ4v) is 3.67. The highest BCUT2D eigenvalue weighted by molar-refractivity contribution is 7.89. The second-order valence-electron chi connectivity index (χ2n) is 4.25. The Balaban J connectivity index is 2.33. The monoisotopic (exact) mass is 255 g/mol. The molecule has 1 fully saturated rings. The summed E-state index contributed by atoms with van der Waals surface area (Å²) in [7, 11) is -3.39. The number of rotatable bonds is 2. The standard InChI is InChI=1S/C12H17NO3S/c1-10-11(2)16-9-8-13(10)17(14,15)12-6-4-3-5-7-12/h3-7,10-11H,8-9H2,1-2H3. The molecule has 0 amide bonds. The molecule has 94 valence electrons. The van der Waals surface area contributed by atoms with Crippen LogP contribution in [0.3, 0.4) is 0 Å². The third-order valence-corrected chi connectivity index (χ3v) is 5.18. The van der Waals surface area contributed by atoms with E-state index in [1.54, 1.807) is 24.3 Å². The number of ether oxygens (including phenoxy) is 1. The quantitative estimate of drug-likeness (QED) is 0.804. The Morgan fingerprint density at radius 1 is 1.24 bits per heavy atom. The van der Waals surface area contributed by atoms with Gasteiger partial charge in [-0.3, -0.25) is 0 Å². The predicted molar refractivity (Wildman–Crippen MR) is 65.2 cm³/mol. The Morgan fingerprint density at radius 2 is 1.88 bits per heavy atom. The van der Waals surface area contributed by atoms with E-state index < -0.39 is 10.0 Å². The molecule has 2 atom stereocenters. The van der Waals surface area contributed by atoms with Gasteiger partial charge in [0.05, 0.1) is 17.6 Å². The molecular formula is C12H17NO3S. The molecule has 1 aromatic rings. The lowest BCUT2D eigenvalue weighted by Gasteiger charge is -2.36. The Bertz CT molecular complexity index is 472. The fraction of sp³-hybridized carbons (Fsp3) is 0.500. The van der Waals surface area contributed by atoms with E-state index in [2.05, 4.69) is 0 Å². The maximum atomic E-state index is 12.4. The molecule has 0 aromatic heterocycles. The SMILES string of the molecule is CC1OCCN(S(=O)(=O)c2ccccc2)C1C. The summed E-state index contributed by atoms with van der Waals surface area (Å²) in [5, 5.41) is 0. The Morgan fingerprint density at radius 3 is 2.53 bits per heavy atom. The van der Waals surface area contributed by atoms with Crippen LogP contribution in [0.5, 0.6) is 0 Å². The summed E-state index contributed by atoms with van der Waals surface area (Å²) < 4.78 is 31.8. The van der Waals surface area contributed by atoms with Gasteiger partial charge in [-0.25, -0.2) is 8.42 Å². The molecule has 0 aliphatic carbocycles. The van der Waals surface area contributed by atoms with Gasteiger partial charge < -0.3 is 4.74 Å². The number of hydrogen-bond acceptors (Lipinski definition) is 3. The van der Waals surface area contributed by atoms with Gasteiger partial charge in [0, 0.05) is 12.6 Å². The van der Waals surface area contributed by atoms with Crippen LogP contribution in [0.1, 0.15) is 13.8 Å². The Labute approximate surface area is 102 Å². The highest BCUT2D eigenvalue weighted by Crippen LogP contribution is 2.22. The summed E-state index contributed by atoms with van der Waals surface area (Å²) in [5.41, 5.74) is 0. The zero-order chi connectivity index (χ0) is 12.5. The van der Waals surface area contributed by atoms with Crippen molar-refractivity contribution in [3.63, 3.8) is 0 Å². The molecule has 17 heavy (non-hydrogen) atoms. The van der Waals surface area contributed by atoms with Crippen molar-refractivity contribution >= 4 is 10.0 Å². The average molecular weight is 255 g/mol. The molecule has 1 aromatic carbocycles. The van der Waals surface area contributed by atoms with E-state index in [4.69, 9.17) is 4.74 Å². The first-order valence-corrected chi connectivity index (χ1v) is 7.16. The van der Waals surface area contributed by atoms with Gasteiger partial charge in [-0.15, -0.1) is 0 Å². The zero-order valence-electron chi connectivity index (χ0n) is 10.0. The van der Waals surface area contributed by atoms with Crippen LogP contribution < -0.4 is 0 Å². The summed E-state index contributed by atoms with van der Waals surface area (Å²) in [6.45, 7) is 4.65. The van der Waals surface area contributed by atoms with Gasteiger partial charge in [0.1, 0.15) is 0 Å². The van der Waals surface area contributed by atoms with Crippen LogP contribution in [0.15, 0.2) is 35.2 Å². The number of sulfonamides is 1. The Kier molecular flexibility index (Phi) is 3.51. The van der Waals surface area contributed by atoms with E-state index in [1.165, 1.54) is 4.31 Å². The van der Waals surface area contributed by atoms with Crippen molar-refractivity contribution in [3.05, 3.63) is 30.3 Å². The first-order chi connectivity index (χ1) is 8.03. The summed E-state index contributed by atoms with van der Waals surface area (Å²) in [6.07, 6.45) is -0.0674. The van der Waals surface area contributed by atoms with Gasteiger partial charge in [-0.05, 0) is 26.0 Å². The molecule has 0 spiro atoms. The van der Waals surface area contributed by atoms with Crippen molar-refractivity contribution in [1.82, 2.24) is 4.31 Å². The minimum atomic E-state index is -3.39. The zero-order valence-corrected chi connectivity index (χ0v) is 10.9. The van der Waals surface area contributed by atoms with Crippen LogP contribution in [-0.2, 0) is 14.8 Å². The van der Waals surface area contributed by atoms with Crippen molar-refractivity contribution < 1.29 is 13.2 Å². The van der Waals surface area contributed by atoms with E-state index in [0.717, 1.165) is 0 Å². The highest BCUT2D eigenvalue weighted by Gasteiger charge is 2.34. The van der Waals surface area contributed by atoms with Crippen molar-refractivity contribution in [1.29, 1.82) is 0 Å². The molecule has 2 rings (SSSR count). The van der Waals surface area contributed by atoms with Gasteiger partial charge in [-0.2, -0.15) is 4.31 Å². The van der Waals surface area contributed by atoms with Gasteiger partial charge in [0.25, 0.3) is 0 Å². The molecule has 2 unspecified atom stereocenters. The van der Waals surface area contributed by atoms with Crippen molar-refractivity contribution in [2.24, 2.45) is 0 Å². The summed E-state index contributed by atoms with van der Waals surface area (Å²) in [4.78, 5) is 0.348. The molecule has 1 heterocycles. The third-order valence-electron chi connectivity index (χ3n) is 3.18. The molecular weight excluding hydrogens is 238 g/mol. The van der Waals surface area contributed by atoms with Crippen LogP contribution in [-0.4, -0.2) is 38.0 Å². The van der Waals surface area contributed by atoms with Crippen molar-refractivity contribution in [2.75, 3.05) is 13.2 Å². The fourth-order valence-electron chi connectivity index (χ4n) is 1.97. The number of morpholine rings is 1. The minimum absolute atomic E-state index is 0.0674. The molecule has 1 aliphatic heterocycles. The van der Waals surface area contributed by atoms with Gasteiger partial charge in [-0.1, -0.05) is 18.2 Å². The van der Waals surface area contributed by atoms with Crippen LogP contribution in [0.4, 0.5) is 0 Å². The maximum Gasteiger partial charge on any atom is 0.243 e. The third kappa shape index (κ3) is 2.36. The van der Waals surface area contributed by atoms with E-state index in [-0.39, 0.29) is 12.1 Å². The smallest absolute Gasteiger partial charge is 0.243 e. The maximum absolute atomic E-state index is 12.4. The number of nitrogens with zero attached hydrogens (tertiary/aromatic N) is 1. The minimum Gasteiger partial charge on any atom is -0.375 e. The topological polar surface area (TPSA) is 46.6 Å². The van der Waals surface area contributed by atoms with Crippen LogP contribution >= 0.6 is 0 Å². The number of hydrogen-bond donors (Lipinski definition) is 0. The number of benzene rings is 1. The molecule has 0 radical (unpaired) electrons. The van der Waals surface area contributed by atoms with Crippen molar-refractivity contribution in [3.8, 4) is 0 Å². The molecule has 1 aliphatic rings. The lowest BCUT2D eigenvalue weighted by molar-refractivity contribution is -0.0232. The van der Waals surface area contributed by atoms with Gasteiger partial charge in [0.2, 0.25) is 10.0 Å². The first kappa shape index (κ1) is 12.5. The predicted octanol–water partition coefficient (Wildman–Crippen LogP) is 1.48. The normalized spacial score (nSPS) is 26.9. The van der Waals surface area contributed by atoms with Crippen LogP contribution in [0, 0.1) is 0 Å². The van der Waals surface area contributed by atoms with E-state index in [9.17, 15) is 8.42 Å². The van der Waals surface area contributed by atoms with Gasteiger partial charge in [0.15, 0.2) is 0 Å². The molecule has 0 saturated carbocycles. The Hall–Kier alpha value is -0.910. The second-order valence-corrected chi connectivity index (χ2v) is 6.14. The largest absolute Gasteiger partial charge is 0.375 e. The van der Waals surface area contributed by atoms with Crippen LogP contribution in [0.2, 0.25) is 0 Å². The van der Waals surface area contributed by atoms with Crippen LogP contribution in [0.25, 0.3) is 0 Å². The van der Waals surface area contributed by atoms with E-state index >= 15 is 0 Å². The lowest BCUT2D eigenvalue weighted by Crippen LogP contribution is -2.50. The first-order valence-electron chi connectivity index (χ1n) is 5.72. The molecule has 1 saturated heterocycles. The second kappa shape index (κ2) is 4.76.